The number of alkyl carbamates (subject to hydrolysis) is 1. The Kier molecular flexibility index (Phi) is 16.6. The number of carboxylic acid groups (broad SMARTS) is 1. The van der Waals surface area contributed by atoms with Gasteiger partial charge in [0, 0.05) is 60.5 Å². The van der Waals surface area contributed by atoms with Crippen molar-refractivity contribution in [2.75, 3.05) is 101 Å². The molecule has 15 nitrogen and oxygen atoms in total. The van der Waals surface area contributed by atoms with Gasteiger partial charge in [-0.05, 0) is 22.3 Å². The van der Waals surface area contributed by atoms with Crippen LogP contribution in [-0.4, -0.2) is 156 Å². The summed E-state index contributed by atoms with van der Waals surface area (Å²) in [5.74, 6) is -3.60. The highest BCUT2D eigenvalue weighted by molar-refractivity contribution is 5.92. The summed E-state index contributed by atoms with van der Waals surface area (Å²) in [6, 6.07) is 13.8. The predicted octanol–water partition coefficient (Wildman–Crippen LogP) is 1.44. The number of carboxylic acids is 1. The van der Waals surface area contributed by atoms with Gasteiger partial charge < -0.3 is 48.8 Å². The summed E-state index contributed by atoms with van der Waals surface area (Å²) in [5.41, 5.74) is 4.01. The van der Waals surface area contributed by atoms with Crippen LogP contribution in [0.2, 0.25) is 0 Å². The Morgan fingerprint density at radius 1 is 0.660 bits per heavy atom. The molecule has 0 spiro atoms. The zero-order valence-corrected chi connectivity index (χ0v) is 29.1. The molecule has 3 rings (SSSR count). The smallest absolute Gasteiger partial charge is 0.407 e. The van der Waals surface area contributed by atoms with E-state index in [2.05, 4.69) is 5.32 Å². The van der Waals surface area contributed by atoms with Gasteiger partial charge in [-0.1, -0.05) is 48.5 Å². The highest BCUT2D eigenvalue weighted by Gasteiger charge is 2.32. The van der Waals surface area contributed by atoms with Gasteiger partial charge in [0.05, 0.1) is 32.8 Å². The molecule has 15 heteroatoms. The van der Waals surface area contributed by atoms with E-state index in [4.69, 9.17) is 23.7 Å². The maximum atomic E-state index is 13.7. The fraction of sp³-hybridized carbons (Fsp3) is 0.514. The van der Waals surface area contributed by atoms with Crippen LogP contribution in [0.1, 0.15) is 23.5 Å². The molecule has 4 amide bonds. The molecule has 0 radical (unpaired) electrons. The topological polar surface area (TPSA) is 173 Å². The molecule has 0 aliphatic heterocycles. The Morgan fingerprint density at radius 3 is 1.48 bits per heavy atom. The first kappa shape index (κ1) is 39.9. The largest absolute Gasteiger partial charge is 0.480 e. The highest BCUT2D eigenvalue weighted by atomic mass is 16.5. The number of benzene rings is 2. The minimum absolute atomic E-state index is 0.0627. The van der Waals surface area contributed by atoms with Gasteiger partial charge in [0.15, 0.2) is 0 Å². The van der Waals surface area contributed by atoms with Gasteiger partial charge in [0.1, 0.15) is 25.7 Å². The number of hydrogen-bond acceptors (Lipinski definition) is 10. The van der Waals surface area contributed by atoms with Crippen molar-refractivity contribution < 1.29 is 52.8 Å². The number of carbonyl (C=O) groups is 5. The molecule has 0 saturated heterocycles. The average molecular weight is 701 g/mol. The van der Waals surface area contributed by atoms with E-state index < -0.39 is 55.3 Å². The van der Waals surface area contributed by atoms with Gasteiger partial charge in [-0.25, -0.2) is 9.59 Å². The Morgan fingerprint density at radius 2 is 1.08 bits per heavy atom. The molecule has 1 aliphatic rings. The SMILES string of the molecule is COCCN(CCOC)C(=O)CN(CC(=O)N(CCOC)CCOC)C(=O)C[C@H](NC(=O)OCC1c2ccccc2-c2ccccc21)C(=O)O. The number of methoxy groups -OCH3 is 4. The second-order valence-corrected chi connectivity index (χ2v) is 11.5. The summed E-state index contributed by atoms with van der Waals surface area (Å²) >= 11 is 0. The number of aliphatic carboxylic acids is 1. The molecule has 1 aliphatic carbocycles. The van der Waals surface area contributed by atoms with Crippen molar-refractivity contribution in [3.63, 3.8) is 0 Å². The minimum atomic E-state index is -1.71. The van der Waals surface area contributed by atoms with Gasteiger partial charge in [-0.2, -0.15) is 0 Å². The predicted molar refractivity (Wildman–Crippen MR) is 181 cm³/mol. The molecular formula is C35H48N4O11. The minimum Gasteiger partial charge on any atom is -0.480 e. The molecule has 274 valence electrons. The summed E-state index contributed by atoms with van der Waals surface area (Å²) in [6.45, 7) is 0.539. The maximum Gasteiger partial charge on any atom is 0.407 e. The van der Waals surface area contributed by atoms with E-state index in [1.54, 1.807) is 0 Å². The van der Waals surface area contributed by atoms with Crippen LogP contribution >= 0.6 is 0 Å². The molecule has 2 aromatic rings. The Balaban J connectivity index is 1.74. The lowest BCUT2D eigenvalue weighted by Gasteiger charge is -2.30. The summed E-state index contributed by atoms with van der Waals surface area (Å²) < 4.78 is 25.9. The summed E-state index contributed by atoms with van der Waals surface area (Å²) in [7, 11) is 5.94. The lowest BCUT2D eigenvalue weighted by atomic mass is 9.98. The number of rotatable bonds is 22. The van der Waals surface area contributed by atoms with E-state index in [1.165, 1.54) is 38.2 Å². The van der Waals surface area contributed by atoms with Crippen molar-refractivity contribution in [2.45, 2.75) is 18.4 Å². The Hall–Kier alpha value is -4.57. The van der Waals surface area contributed by atoms with Gasteiger partial charge >= 0.3 is 12.1 Å². The summed E-state index contributed by atoms with van der Waals surface area (Å²) in [6.07, 6.45) is -1.77. The lowest BCUT2D eigenvalue weighted by Crippen LogP contribution is -2.51. The van der Waals surface area contributed by atoms with Crippen LogP contribution in [0.15, 0.2) is 48.5 Å². The van der Waals surface area contributed by atoms with Crippen LogP contribution < -0.4 is 5.32 Å². The second-order valence-electron chi connectivity index (χ2n) is 11.5. The third kappa shape index (κ3) is 11.5. The van der Waals surface area contributed by atoms with Crippen LogP contribution in [0.25, 0.3) is 11.1 Å². The molecule has 1 atom stereocenters. The molecule has 50 heavy (non-hydrogen) atoms. The van der Waals surface area contributed by atoms with Crippen molar-refractivity contribution in [1.82, 2.24) is 20.0 Å². The van der Waals surface area contributed by atoms with E-state index >= 15 is 0 Å². The van der Waals surface area contributed by atoms with Gasteiger partial charge in [-0.15, -0.1) is 0 Å². The van der Waals surface area contributed by atoms with Crippen LogP contribution in [0, 0.1) is 0 Å². The van der Waals surface area contributed by atoms with Crippen molar-refractivity contribution in [1.29, 1.82) is 0 Å². The fourth-order valence-electron chi connectivity index (χ4n) is 5.57. The number of nitrogens with one attached hydrogen (secondary N) is 1. The molecule has 2 N–H and O–H groups in total. The molecule has 0 bridgehead atoms. The van der Waals surface area contributed by atoms with Gasteiger partial charge in [-0.3, -0.25) is 14.4 Å². The Bertz CT molecular complexity index is 1340. The van der Waals surface area contributed by atoms with Crippen molar-refractivity contribution >= 4 is 29.8 Å². The number of ether oxygens (including phenoxy) is 5. The van der Waals surface area contributed by atoms with Crippen LogP contribution in [0.4, 0.5) is 4.79 Å². The summed E-state index contributed by atoms with van der Waals surface area (Å²) in [5, 5.41) is 12.2. The molecule has 0 fully saturated rings. The van der Waals surface area contributed by atoms with Crippen molar-refractivity contribution in [3.8, 4) is 11.1 Å². The monoisotopic (exact) mass is 700 g/mol. The molecular weight excluding hydrogens is 652 g/mol. The third-order valence-corrected chi connectivity index (χ3v) is 8.28. The van der Waals surface area contributed by atoms with E-state index in [9.17, 15) is 29.1 Å². The van der Waals surface area contributed by atoms with Crippen molar-refractivity contribution in [2.24, 2.45) is 0 Å². The highest BCUT2D eigenvalue weighted by Crippen LogP contribution is 2.44. The number of hydrogen-bond donors (Lipinski definition) is 2. The molecule has 0 aromatic heterocycles. The van der Waals surface area contributed by atoms with Crippen LogP contribution in [0.5, 0.6) is 0 Å². The summed E-state index contributed by atoms with van der Waals surface area (Å²) in [4.78, 5) is 69.5. The lowest BCUT2D eigenvalue weighted by molar-refractivity contribution is -0.148. The van der Waals surface area contributed by atoms with E-state index in [1.807, 2.05) is 48.5 Å². The number of nitrogens with zero attached hydrogens (tertiary/aromatic N) is 3. The van der Waals surface area contributed by atoms with Gasteiger partial charge in [0.25, 0.3) is 0 Å². The molecule has 2 aromatic carbocycles. The van der Waals surface area contributed by atoms with Crippen LogP contribution in [-0.2, 0) is 42.9 Å². The zero-order chi connectivity index (χ0) is 36.5. The average Bonchev–Trinajstić information content (AvgIpc) is 3.43. The Labute approximate surface area is 292 Å². The van der Waals surface area contributed by atoms with E-state index in [-0.39, 0.29) is 65.1 Å². The number of amides is 4. The normalized spacial score (nSPS) is 12.4. The van der Waals surface area contributed by atoms with Gasteiger partial charge in [0.2, 0.25) is 17.7 Å². The fourth-order valence-corrected chi connectivity index (χ4v) is 5.57. The molecule has 0 unspecified atom stereocenters. The second kappa shape index (κ2) is 20.8. The first-order chi connectivity index (χ1) is 24.1. The standard InChI is InChI=1S/C35H48N4O11/c1-46-17-13-37(14-18-47-2)32(41)22-39(23-33(42)38(15-19-48-3)16-20-49-4)31(40)21-30(34(43)44)36-35(45)50-24-29-27-11-7-5-9-25(27)26-10-6-8-12-28(26)29/h5-12,29-30H,13-24H2,1-4H3,(H,36,45)(H,43,44)/t30-/m0/s1. The number of carbonyl (C=O) groups excluding carboxylic acids is 4. The van der Waals surface area contributed by atoms with E-state index in [0.717, 1.165) is 27.2 Å². The maximum absolute atomic E-state index is 13.7. The zero-order valence-electron chi connectivity index (χ0n) is 29.1. The van der Waals surface area contributed by atoms with Crippen LogP contribution in [0.3, 0.4) is 0 Å². The first-order valence-corrected chi connectivity index (χ1v) is 16.3. The van der Waals surface area contributed by atoms with Crippen molar-refractivity contribution in [3.05, 3.63) is 59.7 Å². The van der Waals surface area contributed by atoms with E-state index in [0.29, 0.717) is 0 Å². The number of fused-ring (bicyclic) bond motifs is 3. The third-order valence-electron chi connectivity index (χ3n) is 8.28. The quantitative estimate of drug-likeness (QED) is 0.182. The molecule has 0 saturated carbocycles. The molecule has 0 heterocycles. The first-order valence-electron chi connectivity index (χ1n) is 16.3.